The number of ether oxygens (including phenoxy) is 2. The standard InChI is InChI=1S/C31H42ClNO5/c1-7-19-23-20(11-16(2)12-21(23)34)29(6)25(24(19)36)27(4)14-22(35)38-31(26(29)32)28(27,5)8-9-30-13-17(3)10-18(37-30)15-33(30)31/h12,17-20,23,25-26H,7-11,13-15H2,1-6H3. The van der Waals surface area contributed by atoms with Crippen LogP contribution in [0.2, 0.25) is 0 Å². The van der Waals surface area contributed by atoms with Crippen molar-refractivity contribution >= 4 is 29.1 Å². The third-order valence-corrected chi connectivity index (χ3v) is 13.8. The van der Waals surface area contributed by atoms with Crippen LogP contribution in [0.5, 0.6) is 0 Å². The molecular weight excluding hydrogens is 502 g/mol. The molecule has 6 fully saturated rings. The van der Waals surface area contributed by atoms with E-state index in [4.69, 9.17) is 21.1 Å². The van der Waals surface area contributed by atoms with Gasteiger partial charge in [0.25, 0.3) is 0 Å². The number of esters is 1. The third-order valence-electron chi connectivity index (χ3n) is 13.0. The number of halogens is 1. The Morgan fingerprint density at radius 3 is 2.61 bits per heavy atom. The predicted octanol–water partition coefficient (Wildman–Crippen LogP) is 5.27. The Kier molecular flexibility index (Phi) is 5.09. The van der Waals surface area contributed by atoms with Gasteiger partial charge in [-0.2, -0.15) is 0 Å². The lowest BCUT2D eigenvalue weighted by Crippen LogP contribution is -2.87. The summed E-state index contributed by atoms with van der Waals surface area (Å²) in [4.78, 5) is 44.3. The quantitative estimate of drug-likeness (QED) is 0.331. The summed E-state index contributed by atoms with van der Waals surface area (Å²) in [5, 5.41) is -0.647. The van der Waals surface area contributed by atoms with E-state index in [0.717, 1.165) is 37.7 Å². The average molecular weight is 544 g/mol. The summed E-state index contributed by atoms with van der Waals surface area (Å²) in [6, 6.07) is 0. The highest BCUT2D eigenvalue weighted by molar-refractivity contribution is 6.23. The van der Waals surface area contributed by atoms with Crippen LogP contribution in [0.3, 0.4) is 0 Å². The fraction of sp³-hybridized carbons (Fsp3) is 0.839. The number of ketones is 2. The zero-order valence-corrected chi connectivity index (χ0v) is 24.4. The van der Waals surface area contributed by atoms with Crippen molar-refractivity contribution in [3.63, 3.8) is 0 Å². The number of rotatable bonds is 1. The van der Waals surface area contributed by atoms with Crippen LogP contribution in [0, 0.1) is 45.8 Å². The van der Waals surface area contributed by atoms with E-state index in [1.54, 1.807) is 6.08 Å². The fourth-order valence-electron chi connectivity index (χ4n) is 11.5. The predicted molar refractivity (Wildman–Crippen MR) is 142 cm³/mol. The summed E-state index contributed by atoms with van der Waals surface area (Å²) in [6.07, 6.45) is 6.94. The van der Waals surface area contributed by atoms with Crippen LogP contribution in [-0.2, 0) is 23.9 Å². The van der Waals surface area contributed by atoms with Crippen molar-refractivity contribution in [2.24, 2.45) is 45.8 Å². The summed E-state index contributed by atoms with van der Waals surface area (Å²) in [5.41, 5.74) is -2.42. The largest absolute Gasteiger partial charge is 0.441 e. The number of allylic oxidation sites excluding steroid dienone is 2. The first-order valence-corrected chi connectivity index (χ1v) is 15.3. The summed E-state index contributed by atoms with van der Waals surface area (Å²) < 4.78 is 13.4. The molecule has 0 radical (unpaired) electrons. The molecule has 12 unspecified atom stereocenters. The van der Waals surface area contributed by atoms with Crippen LogP contribution >= 0.6 is 11.6 Å². The summed E-state index contributed by atoms with van der Waals surface area (Å²) in [7, 11) is 0. The first-order valence-electron chi connectivity index (χ1n) is 14.9. The van der Waals surface area contributed by atoms with Crippen molar-refractivity contribution in [1.29, 1.82) is 0 Å². The number of Topliss-reactive ketones (excluding diaryl/α,β-unsaturated/α-hetero) is 1. The minimum Gasteiger partial charge on any atom is -0.441 e. The van der Waals surface area contributed by atoms with Crippen LogP contribution in [-0.4, -0.2) is 51.9 Å². The molecule has 7 heteroatoms. The van der Waals surface area contributed by atoms with E-state index in [1.807, 2.05) is 13.8 Å². The van der Waals surface area contributed by atoms with Gasteiger partial charge in [-0.1, -0.05) is 40.2 Å². The molecule has 4 aliphatic heterocycles. The number of nitrogens with zero attached hydrogens (tertiary/aromatic N) is 1. The van der Waals surface area contributed by atoms with Crippen molar-refractivity contribution in [2.75, 3.05) is 6.54 Å². The summed E-state index contributed by atoms with van der Waals surface area (Å²) >= 11 is 7.88. The Morgan fingerprint density at radius 2 is 1.89 bits per heavy atom. The summed E-state index contributed by atoms with van der Waals surface area (Å²) in [5.74, 6) is -0.739. The Hall–Kier alpha value is -1.24. The zero-order chi connectivity index (χ0) is 27.2. The van der Waals surface area contributed by atoms with E-state index < -0.39 is 39.0 Å². The molecule has 7 rings (SSSR count). The molecule has 4 bridgehead atoms. The molecule has 12 atom stereocenters. The van der Waals surface area contributed by atoms with Crippen molar-refractivity contribution < 1.29 is 23.9 Å². The maximum atomic E-state index is 14.7. The van der Waals surface area contributed by atoms with Gasteiger partial charge in [-0.3, -0.25) is 14.4 Å². The molecule has 38 heavy (non-hydrogen) atoms. The van der Waals surface area contributed by atoms with E-state index in [-0.39, 0.29) is 47.8 Å². The van der Waals surface area contributed by atoms with Crippen LogP contribution in [0.15, 0.2) is 11.6 Å². The second kappa shape index (κ2) is 7.53. The van der Waals surface area contributed by atoms with Gasteiger partial charge in [-0.05, 0) is 68.8 Å². The van der Waals surface area contributed by atoms with E-state index in [2.05, 4.69) is 32.6 Å². The van der Waals surface area contributed by atoms with Gasteiger partial charge in [-0.15, -0.1) is 11.6 Å². The molecule has 4 heterocycles. The Balaban J connectivity index is 1.49. The number of hydrogen-bond donors (Lipinski definition) is 0. The SMILES string of the molecule is CCC1C(=O)C2C(C)(C3CC(C)=CC(=O)C13)C(Cl)C13OC(=O)CC2(C)C1(C)CCC12CC(C)CC(CN13)O2. The first-order chi connectivity index (χ1) is 17.8. The van der Waals surface area contributed by atoms with Crippen LogP contribution in [0.4, 0.5) is 0 Å². The maximum absolute atomic E-state index is 14.7. The highest BCUT2D eigenvalue weighted by Gasteiger charge is 2.86. The van der Waals surface area contributed by atoms with Crippen LogP contribution < -0.4 is 0 Å². The second-order valence-electron chi connectivity index (χ2n) is 14.7. The molecule has 1 spiro atoms. The first kappa shape index (κ1) is 25.7. The molecule has 6 nitrogen and oxygen atoms in total. The normalized spacial score (nSPS) is 57.3. The van der Waals surface area contributed by atoms with Crippen molar-refractivity contribution in [3.8, 4) is 0 Å². The van der Waals surface area contributed by atoms with Gasteiger partial charge in [-0.25, -0.2) is 4.90 Å². The molecule has 0 aromatic heterocycles. The Morgan fingerprint density at radius 1 is 1.16 bits per heavy atom. The van der Waals surface area contributed by atoms with E-state index in [1.165, 1.54) is 0 Å². The number of carbonyl (C=O) groups excluding carboxylic acids is 3. The van der Waals surface area contributed by atoms with Gasteiger partial charge in [0.2, 0.25) is 0 Å². The zero-order valence-electron chi connectivity index (χ0n) is 23.6. The van der Waals surface area contributed by atoms with E-state index >= 15 is 0 Å². The van der Waals surface area contributed by atoms with Gasteiger partial charge in [0, 0.05) is 35.1 Å². The molecule has 4 saturated heterocycles. The third kappa shape index (κ3) is 2.59. The lowest BCUT2D eigenvalue weighted by molar-refractivity contribution is -0.377. The number of carbonyl (C=O) groups is 3. The van der Waals surface area contributed by atoms with Gasteiger partial charge in [0.1, 0.15) is 11.5 Å². The van der Waals surface area contributed by atoms with Gasteiger partial charge in [0.15, 0.2) is 11.5 Å². The molecule has 0 amide bonds. The van der Waals surface area contributed by atoms with Crippen LogP contribution in [0.25, 0.3) is 0 Å². The number of hydrogen-bond acceptors (Lipinski definition) is 6. The van der Waals surface area contributed by atoms with Crippen molar-refractivity contribution in [1.82, 2.24) is 4.90 Å². The second-order valence-corrected chi connectivity index (χ2v) is 15.2. The van der Waals surface area contributed by atoms with Gasteiger partial charge >= 0.3 is 5.97 Å². The van der Waals surface area contributed by atoms with E-state index in [0.29, 0.717) is 18.9 Å². The molecule has 0 aromatic rings. The molecule has 2 saturated carbocycles. The number of piperidine rings is 1. The smallest absolute Gasteiger partial charge is 0.308 e. The monoisotopic (exact) mass is 543 g/mol. The minimum absolute atomic E-state index is 0.0648. The lowest BCUT2D eigenvalue weighted by atomic mass is 9.33. The highest BCUT2D eigenvalue weighted by Crippen LogP contribution is 2.79. The molecule has 0 N–H and O–H groups in total. The lowest BCUT2D eigenvalue weighted by Gasteiger charge is -2.78. The average Bonchev–Trinajstić information content (AvgIpc) is 3.11. The topological polar surface area (TPSA) is 72.9 Å². The number of alkyl halides is 1. The highest BCUT2D eigenvalue weighted by atomic mass is 35.5. The molecule has 7 aliphatic rings. The summed E-state index contributed by atoms with van der Waals surface area (Å²) in [6.45, 7) is 13.6. The fourth-order valence-corrected chi connectivity index (χ4v) is 12.2. The maximum Gasteiger partial charge on any atom is 0.308 e. The molecule has 208 valence electrons. The molecular formula is C31H42ClNO5. The van der Waals surface area contributed by atoms with Crippen molar-refractivity contribution in [2.45, 2.75) is 109 Å². The van der Waals surface area contributed by atoms with Crippen molar-refractivity contribution in [3.05, 3.63) is 11.6 Å². The van der Waals surface area contributed by atoms with Crippen LogP contribution in [0.1, 0.15) is 86.5 Å². The van der Waals surface area contributed by atoms with Gasteiger partial charge < -0.3 is 9.47 Å². The molecule has 3 aliphatic carbocycles. The minimum atomic E-state index is -1.09. The molecule has 0 aromatic carbocycles. The Bertz CT molecular complexity index is 1180. The number of fused-ring (bicyclic) bond motifs is 5. The van der Waals surface area contributed by atoms with Gasteiger partial charge in [0.05, 0.1) is 17.9 Å². The Labute approximate surface area is 231 Å². The van der Waals surface area contributed by atoms with E-state index in [9.17, 15) is 14.4 Å².